The number of aryl methyl sites for hydroxylation is 2. The van der Waals surface area contributed by atoms with Crippen molar-refractivity contribution in [3.8, 4) is 0 Å². The Morgan fingerprint density at radius 3 is 2.81 bits per heavy atom. The molecular formula is C17H23ClN2S. The summed E-state index contributed by atoms with van der Waals surface area (Å²) in [4.78, 5) is 5.75. The smallest absolute Gasteiger partial charge is 0.0797 e. The number of nitrogens with zero attached hydrogens (tertiary/aromatic N) is 1. The van der Waals surface area contributed by atoms with Crippen molar-refractivity contribution < 1.29 is 0 Å². The second-order valence-corrected chi connectivity index (χ2v) is 6.72. The number of hydrogen-bond donors (Lipinski definition) is 1. The Balaban J connectivity index is 1.97. The fourth-order valence-corrected chi connectivity index (χ4v) is 3.51. The largest absolute Gasteiger partial charge is 0.317 e. The van der Waals surface area contributed by atoms with Crippen molar-refractivity contribution in [3.05, 3.63) is 50.9 Å². The van der Waals surface area contributed by atoms with Gasteiger partial charge in [-0.25, -0.2) is 4.98 Å². The van der Waals surface area contributed by atoms with Gasteiger partial charge in [0, 0.05) is 9.90 Å². The topological polar surface area (TPSA) is 24.9 Å². The minimum absolute atomic E-state index is 0.603. The summed E-state index contributed by atoms with van der Waals surface area (Å²) < 4.78 is 0. The Kier molecular flexibility index (Phi) is 6.68. The van der Waals surface area contributed by atoms with Gasteiger partial charge in [-0.1, -0.05) is 36.7 Å². The van der Waals surface area contributed by atoms with Crippen molar-refractivity contribution in [1.29, 1.82) is 0 Å². The molecule has 0 spiro atoms. The van der Waals surface area contributed by atoms with E-state index in [-0.39, 0.29) is 0 Å². The van der Waals surface area contributed by atoms with Crippen LogP contribution in [0, 0.1) is 12.8 Å². The molecule has 1 aromatic heterocycles. The lowest BCUT2D eigenvalue weighted by Crippen LogP contribution is -2.24. The number of rotatable bonds is 8. The van der Waals surface area contributed by atoms with Crippen molar-refractivity contribution in [2.24, 2.45) is 5.92 Å². The zero-order chi connectivity index (χ0) is 15.1. The zero-order valence-corrected chi connectivity index (χ0v) is 14.3. The van der Waals surface area contributed by atoms with Crippen molar-refractivity contribution in [2.75, 3.05) is 13.1 Å². The third-order valence-electron chi connectivity index (χ3n) is 3.77. The van der Waals surface area contributed by atoms with E-state index >= 15 is 0 Å². The molecule has 0 amide bonds. The first-order chi connectivity index (χ1) is 10.2. The van der Waals surface area contributed by atoms with E-state index in [4.69, 9.17) is 11.6 Å². The molecule has 0 saturated carbocycles. The average molecular weight is 323 g/mol. The number of thiazole rings is 1. The molecule has 1 unspecified atom stereocenters. The standard InChI is InChI=1S/C17H23ClN2S/c1-3-19-11-14(8-9-17-13(2)20-12-21-17)10-15-6-4-5-7-16(15)18/h4-7,12,14,19H,3,8-11H2,1-2H3. The Hall–Kier alpha value is -0.900. The van der Waals surface area contributed by atoms with E-state index in [0.29, 0.717) is 5.92 Å². The third kappa shape index (κ3) is 5.10. The van der Waals surface area contributed by atoms with E-state index in [9.17, 15) is 0 Å². The van der Waals surface area contributed by atoms with Crippen LogP contribution in [-0.2, 0) is 12.8 Å². The van der Waals surface area contributed by atoms with Gasteiger partial charge >= 0.3 is 0 Å². The molecule has 0 fully saturated rings. The van der Waals surface area contributed by atoms with E-state index < -0.39 is 0 Å². The van der Waals surface area contributed by atoms with Crippen LogP contribution in [-0.4, -0.2) is 18.1 Å². The lowest BCUT2D eigenvalue weighted by Gasteiger charge is -2.18. The quantitative estimate of drug-likeness (QED) is 0.773. The first kappa shape index (κ1) is 16.5. The number of benzene rings is 1. The molecule has 21 heavy (non-hydrogen) atoms. The number of aromatic nitrogens is 1. The van der Waals surface area contributed by atoms with E-state index in [1.54, 1.807) is 11.3 Å². The summed E-state index contributed by atoms with van der Waals surface area (Å²) in [5, 5.41) is 4.36. The van der Waals surface area contributed by atoms with Gasteiger partial charge in [0.2, 0.25) is 0 Å². The fourth-order valence-electron chi connectivity index (χ4n) is 2.50. The van der Waals surface area contributed by atoms with Crippen molar-refractivity contribution in [3.63, 3.8) is 0 Å². The normalized spacial score (nSPS) is 12.5. The molecular weight excluding hydrogens is 300 g/mol. The molecule has 0 radical (unpaired) electrons. The van der Waals surface area contributed by atoms with Gasteiger partial charge in [-0.3, -0.25) is 0 Å². The molecule has 1 atom stereocenters. The van der Waals surface area contributed by atoms with Gasteiger partial charge in [0.05, 0.1) is 11.2 Å². The molecule has 1 N–H and O–H groups in total. The maximum absolute atomic E-state index is 6.30. The summed E-state index contributed by atoms with van der Waals surface area (Å²) in [6.07, 6.45) is 3.31. The van der Waals surface area contributed by atoms with Crippen LogP contribution in [0.3, 0.4) is 0 Å². The van der Waals surface area contributed by atoms with Crippen LogP contribution in [0.5, 0.6) is 0 Å². The monoisotopic (exact) mass is 322 g/mol. The fraction of sp³-hybridized carbons (Fsp3) is 0.471. The summed E-state index contributed by atoms with van der Waals surface area (Å²) in [5.74, 6) is 0.603. The van der Waals surface area contributed by atoms with E-state index in [1.165, 1.54) is 22.6 Å². The molecule has 2 aromatic rings. The van der Waals surface area contributed by atoms with Crippen LogP contribution >= 0.6 is 22.9 Å². The summed E-state index contributed by atoms with van der Waals surface area (Å²) in [6, 6.07) is 8.18. The molecule has 0 aliphatic heterocycles. The molecule has 1 aromatic carbocycles. The predicted molar refractivity (Wildman–Crippen MR) is 92.4 cm³/mol. The first-order valence-electron chi connectivity index (χ1n) is 7.53. The maximum Gasteiger partial charge on any atom is 0.0797 e. The predicted octanol–water partition coefficient (Wildman–Crippen LogP) is 4.51. The Morgan fingerprint density at radius 2 is 2.14 bits per heavy atom. The van der Waals surface area contributed by atoms with Crippen LogP contribution in [0.4, 0.5) is 0 Å². The molecule has 2 rings (SSSR count). The van der Waals surface area contributed by atoms with Crippen molar-refractivity contribution >= 4 is 22.9 Å². The molecule has 4 heteroatoms. The van der Waals surface area contributed by atoms with Gasteiger partial charge in [0.1, 0.15) is 0 Å². The Morgan fingerprint density at radius 1 is 1.33 bits per heavy atom. The maximum atomic E-state index is 6.30. The summed E-state index contributed by atoms with van der Waals surface area (Å²) in [6.45, 7) is 6.30. The summed E-state index contributed by atoms with van der Waals surface area (Å²) >= 11 is 8.07. The van der Waals surface area contributed by atoms with Crippen molar-refractivity contribution in [1.82, 2.24) is 10.3 Å². The Labute approximate surface area is 136 Å². The highest BCUT2D eigenvalue weighted by molar-refractivity contribution is 7.09. The minimum Gasteiger partial charge on any atom is -0.317 e. The second kappa shape index (κ2) is 8.52. The molecule has 0 saturated heterocycles. The molecule has 0 aliphatic rings. The second-order valence-electron chi connectivity index (χ2n) is 5.37. The van der Waals surface area contributed by atoms with Gasteiger partial charge in [-0.2, -0.15) is 0 Å². The lowest BCUT2D eigenvalue weighted by molar-refractivity contribution is 0.450. The van der Waals surface area contributed by atoms with Crippen LogP contribution in [0.25, 0.3) is 0 Å². The molecule has 1 heterocycles. The Bertz CT molecular complexity index is 553. The summed E-state index contributed by atoms with van der Waals surface area (Å²) in [5.41, 5.74) is 4.38. The summed E-state index contributed by atoms with van der Waals surface area (Å²) in [7, 11) is 0. The molecule has 0 bridgehead atoms. The first-order valence-corrected chi connectivity index (χ1v) is 8.79. The molecule has 114 valence electrons. The highest BCUT2D eigenvalue weighted by Gasteiger charge is 2.13. The molecule has 0 aliphatic carbocycles. The van der Waals surface area contributed by atoms with Gasteiger partial charge in [0.15, 0.2) is 0 Å². The number of nitrogens with one attached hydrogen (secondary N) is 1. The van der Waals surface area contributed by atoms with Gasteiger partial charge in [-0.05, 0) is 56.8 Å². The lowest BCUT2D eigenvalue weighted by atomic mass is 9.94. The average Bonchev–Trinajstić information content (AvgIpc) is 2.89. The van der Waals surface area contributed by atoms with E-state index in [1.807, 2.05) is 17.6 Å². The third-order valence-corrected chi connectivity index (χ3v) is 5.14. The van der Waals surface area contributed by atoms with Crippen LogP contribution in [0.15, 0.2) is 29.8 Å². The highest BCUT2D eigenvalue weighted by atomic mass is 35.5. The zero-order valence-electron chi connectivity index (χ0n) is 12.7. The van der Waals surface area contributed by atoms with Gasteiger partial charge in [0.25, 0.3) is 0 Å². The SMILES string of the molecule is CCNCC(CCc1scnc1C)Cc1ccccc1Cl. The minimum atomic E-state index is 0.603. The molecule has 2 nitrogen and oxygen atoms in total. The highest BCUT2D eigenvalue weighted by Crippen LogP contribution is 2.23. The van der Waals surface area contributed by atoms with Gasteiger partial charge < -0.3 is 5.32 Å². The van der Waals surface area contributed by atoms with Crippen LogP contribution in [0.1, 0.15) is 29.5 Å². The number of halogens is 1. The van der Waals surface area contributed by atoms with Crippen LogP contribution in [0.2, 0.25) is 5.02 Å². The van der Waals surface area contributed by atoms with E-state index in [0.717, 1.165) is 31.0 Å². The van der Waals surface area contributed by atoms with Gasteiger partial charge in [-0.15, -0.1) is 11.3 Å². The van der Waals surface area contributed by atoms with Crippen molar-refractivity contribution in [2.45, 2.75) is 33.1 Å². The number of hydrogen-bond acceptors (Lipinski definition) is 3. The van der Waals surface area contributed by atoms with E-state index in [2.05, 4.69) is 36.3 Å². The van der Waals surface area contributed by atoms with Crippen LogP contribution < -0.4 is 5.32 Å².